The Kier molecular flexibility index (Phi) is 8.65. The van der Waals surface area contributed by atoms with Gasteiger partial charge in [0.05, 0.1) is 35.5 Å². The molecule has 2 bridgehead atoms. The fourth-order valence-corrected chi connectivity index (χ4v) is 7.45. The normalized spacial score (nSPS) is 21.1. The van der Waals surface area contributed by atoms with Crippen LogP contribution in [0.1, 0.15) is 35.6 Å². The molecule has 51 heavy (non-hydrogen) atoms. The first-order valence-electron chi connectivity index (χ1n) is 16.3. The van der Waals surface area contributed by atoms with Gasteiger partial charge in [-0.1, -0.05) is 36.4 Å². The van der Waals surface area contributed by atoms with Crippen molar-refractivity contribution in [1.82, 2.24) is 9.88 Å². The van der Waals surface area contributed by atoms with Crippen LogP contribution in [0.3, 0.4) is 0 Å². The summed E-state index contributed by atoms with van der Waals surface area (Å²) in [5, 5.41) is 6.40. The van der Waals surface area contributed by atoms with Crippen LogP contribution in [0.15, 0.2) is 95.0 Å². The molecule has 0 spiro atoms. The number of nitrogens with one attached hydrogen (secondary N) is 2. The Bertz CT molecular complexity index is 2160. The first-order valence-corrected chi connectivity index (χ1v) is 16.3. The zero-order valence-electron chi connectivity index (χ0n) is 27.2. The Morgan fingerprint density at radius 2 is 1.61 bits per heavy atom. The molecule has 2 N–H and O–H groups in total. The molecule has 4 aromatic carbocycles. The highest BCUT2D eigenvalue weighted by Crippen LogP contribution is 2.45. The van der Waals surface area contributed by atoms with Crippen LogP contribution in [0.2, 0.25) is 0 Å². The number of piperidine rings is 3. The Balaban J connectivity index is 1.37. The van der Waals surface area contributed by atoms with Crippen LogP contribution in [0.5, 0.6) is 5.75 Å². The van der Waals surface area contributed by atoms with E-state index in [0.29, 0.717) is 47.4 Å². The number of aromatic nitrogens is 1. The summed E-state index contributed by atoms with van der Waals surface area (Å²) < 4.78 is 87.4. The quantitative estimate of drug-likeness (QED) is 0.0906. The molecule has 13 heteroatoms. The molecule has 5 aromatic rings. The fraction of sp³-hybridized carbons (Fsp3) is 0.289. The van der Waals surface area contributed by atoms with Crippen molar-refractivity contribution in [2.24, 2.45) is 11.8 Å². The molecule has 4 heterocycles. The lowest BCUT2D eigenvalue weighted by atomic mass is 9.72. The molecule has 0 saturated carbocycles. The third-order valence-electron chi connectivity index (χ3n) is 10.1. The molecule has 7 nitrogen and oxygen atoms in total. The average Bonchev–Trinajstić information content (AvgIpc) is 3.13. The molecule has 3 aliphatic heterocycles. The smallest absolute Gasteiger partial charge is 0.416 e. The van der Waals surface area contributed by atoms with Crippen molar-refractivity contribution in [3.63, 3.8) is 0 Å². The molecule has 1 aromatic heterocycles. The van der Waals surface area contributed by atoms with Crippen LogP contribution in [0.25, 0.3) is 22.2 Å². The molecule has 264 valence electrons. The number of alkyl halides is 6. The summed E-state index contributed by atoms with van der Waals surface area (Å²) in [6, 6.07) is 16.8. The molecular formula is C38H32F6N4O3. The number of hydrogen-bond donors (Lipinski definition) is 2. The minimum atomic E-state index is -5.10. The molecule has 5 atom stereocenters. The first kappa shape index (κ1) is 34.3. The molecule has 0 aliphatic carbocycles. The van der Waals surface area contributed by atoms with Crippen molar-refractivity contribution in [3.05, 3.63) is 123 Å². The van der Waals surface area contributed by atoms with Gasteiger partial charge < -0.3 is 15.4 Å². The van der Waals surface area contributed by atoms with E-state index in [9.17, 15) is 35.9 Å². The van der Waals surface area contributed by atoms with Crippen LogP contribution in [-0.4, -0.2) is 36.1 Å². The number of methoxy groups -OCH3 is 1. The largest absolute Gasteiger partial charge is 0.497 e. The van der Waals surface area contributed by atoms with Gasteiger partial charge in [0.15, 0.2) is 0 Å². The fourth-order valence-electron chi connectivity index (χ4n) is 7.45. The summed E-state index contributed by atoms with van der Waals surface area (Å²) in [7, 11) is 1.53. The average molecular weight is 707 g/mol. The highest BCUT2D eigenvalue weighted by molar-refractivity contribution is 5.88. The summed E-state index contributed by atoms with van der Waals surface area (Å²) in [4.78, 5) is 33.4. The molecule has 3 unspecified atom stereocenters. The van der Waals surface area contributed by atoms with Crippen molar-refractivity contribution >= 4 is 28.0 Å². The van der Waals surface area contributed by atoms with Gasteiger partial charge in [0.2, 0.25) is 0 Å². The second-order valence-electron chi connectivity index (χ2n) is 13.0. The topological polar surface area (TPSA) is 83.6 Å². The van der Waals surface area contributed by atoms with Gasteiger partial charge in [-0.25, -0.2) is 4.98 Å². The SMILES string of the molecule is C=CC1CN2CCC1C[C@H]2[C@@H](Nc1c(Nc2cc(C(F)(F)F)cc(C(F)(F)F)c2)c(=O)c1=O)c1cc(-c2ccccc2)nc2ccc(OC)cc12. The lowest BCUT2D eigenvalue weighted by molar-refractivity contribution is -0.143. The zero-order valence-corrected chi connectivity index (χ0v) is 27.2. The van der Waals surface area contributed by atoms with Gasteiger partial charge in [-0.05, 0) is 79.3 Å². The van der Waals surface area contributed by atoms with Crippen molar-refractivity contribution in [3.8, 4) is 17.0 Å². The van der Waals surface area contributed by atoms with Gasteiger partial charge >= 0.3 is 12.4 Å². The monoisotopic (exact) mass is 706 g/mol. The van der Waals surface area contributed by atoms with E-state index in [0.717, 1.165) is 24.1 Å². The maximum atomic E-state index is 13.6. The van der Waals surface area contributed by atoms with Gasteiger partial charge in [-0.2, -0.15) is 26.3 Å². The van der Waals surface area contributed by atoms with Gasteiger partial charge in [0.1, 0.15) is 17.1 Å². The minimum Gasteiger partial charge on any atom is -0.497 e. The van der Waals surface area contributed by atoms with E-state index >= 15 is 0 Å². The van der Waals surface area contributed by atoms with E-state index in [1.165, 1.54) is 7.11 Å². The van der Waals surface area contributed by atoms with E-state index in [2.05, 4.69) is 22.1 Å². The predicted octanol–water partition coefficient (Wildman–Crippen LogP) is 8.34. The predicted molar refractivity (Wildman–Crippen MR) is 183 cm³/mol. The summed E-state index contributed by atoms with van der Waals surface area (Å²) in [5.41, 5.74) is -3.58. The van der Waals surface area contributed by atoms with Crippen molar-refractivity contribution in [2.45, 2.75) is 37.3 Å². The minimum absolute atomic E-state index is 0.00127. The zero-order chi connectivity index (χ0) is 36.2. The Morgan fingerprint density at radius 1 is 0.922 bits per heavy atom. The summed E-state index contributed by atoms with van der Waals surface area (Å²) in [5.74, 6) is 1.08. The third-order valence-corrected chi connectivity index (χ3v) is 10.1. The maximum Gasteiger partial charge on any atom is 0.416 e. The van der Waals surface area contributed by atoms with Crippen LogP contribution >= 0.6 is 0 Å². The number of hydrogen-bond acceptors (Lipinski definition) is 7. The van der Waals surface area contributed by atoms with Crippen LogP contribution < -0.4 is 26.2 Å². The number of anilines is 3. The summed E-state index contributed by atoms with van der Waals surface area (Å²) in [6.45, 7) is 5.48. The Labute approximate surface area is 288 Å². The van der Waals surface area contributed by atoms with E-state index in [-0.39, 0.29) is 29.6 Å². The van der Waals surface area contributed by atoms with E-state index in [1.807, 2.05) is 54.6 Å². The van der Waals surface area contributed by atoms with Crippen molar-refractivity contribution < 1.29 is 31.1 Å². The van der Waals surface area contributed by atoms with E-state index in [4.69, 9.17) is 9.72 Å². The number of fused-ring (bicyclic) bond motifs is 4. The number of nitrogens with zero attached hydrogens (tertiary/aromatic N) is 2. The van der Waals surface area contributed by atoms with E-state index < -0.39 is 51.8 Å². The number of ether oxygens (including phenoxy) is 1. The van der Waals surface area contributed by atoms with Gasteiger partial charge in [-0.15, -0.1) is 6.58 Å². The molecular weight excluding hydrogens is 674 g/mol. The standard InChI is InChI=1S/C38H32F6N4O3/c1-3-20-19-48-12-11-22(20)13-31(48)32(28-18-30(21-7-5-4-6-8-21)46-29-10-9-26(51-2)17-27(28)29)47-34-33(35(49)36(34)50)45-25-15-23(37(39,40)41)14-24(16-25)38(42,43)44/h3-10,14-18,20,22,31-32,45,47H,1,11-13,19H2,2H3/t20?,22?,31-,32-/m0/s1. The lowest BCUT2D eigenvalue weighted by Crippen LogP contribution is -2.56. The van der Waals surface area contributed by atoms with Crippen molar-refractivity contribution in [2.75, 3.05) is 30.8 Å². The third kappa shape index (κ3) is 6.46. The van der Waals surface area contributed by atoms with Crippen LogP contribution in [0.4, 0.5) is 43.4 Å². The second-order valence-corrected chi connectivity index (χ2v) is 13.0. The second kappa shape index (κ2) is 12.9. The van der Waals surface area contributed by atoms with Gasteiger partial charge in [0, 0.05) is 29.2 Å². The molecule has 0 radical (unpaired) electrons. The molecule has 0 amide bonds. The van der Waals surface area contributed by atoms with Gasteiger partial charge in [-0.3, -0.25) is 14.5 Å². The first-order chi connectivity index (χ1) is 24.2. The number of benzene rings is 3. The molecule has 8 rings (SSSR count). The number of pyridine rings is 1. The Morgan fingerprint density at radius 3 is 2.22 bits per heavy atom. The van der Waals surface area contributed by atoms with Crippen LogP contribution in [0, 0.1) is 11.8 Å². The van der Waals surface area contributed by atoms with Crippen molar-refractivity contribution in [1.29, 1.82) is 0 Å². The van der Waals surface area contributed by atoms with Gasteiger partial charge in [0.25, 0.3) is 10.9 Å². The summed E-state index contributed by atoms with van der Waals surface area (Å²) in [6.07, 6.45) is -6.63. The summed E-state index contributed by atoms with van der Waals surface area (Å²) >= 11 is 0. The number of halogens is 6. The molecule has 3 fully saturated rings. The van der Waals surface area contributed by atoms with E-state index in [1.54, 1.807) is 6.07 Å². The Hall–Kier alpha value is -5.17. The highest BCUT2D eigenvalue weighted by atomic mass is 19.4. The number of rotatable bonds is 9. The van der Waals surface area contributed by atoms with Crippen LogP contribution in [-0.2, 0) is 12.4 Å². The highest BCUT2D eigenvalue weighted by Gasteiger charge is 2.44. The maximum absolute atomic E-state index is 13.6. The molecule has 3 aliphatic rings. The molecule has 3 saturated heterocycles. The lowest BCUT2D eigenvalue weighted by Gasteiger charge is -2.52.